The number of allylic oxidation sites excluding steroid dienone is 1. The molecule has 2 N–H and O–H groups in total. The molecule has 130 valence electrons. The minimum Gasteiger partial charge on any atom is -0.463 e. The van der Waals surface area contributed by atoms with Gasteiger partial charge in [0.05, 0.1) is 18.2 Å². The Morgan fingerprint density at radius 2 is 1.88 bits per heavy atom. The van der Waals surface area contributed by atoms with Crippen molar-refractivity contribution in [2.75, 3.05) is 6.61 Å². The second-order valence-electron chi connectivity index (χ2n) is 6.51. The fraction of sp³-hybridized carbons (Fsp3) is 0.474. The second-order valence-corrected chi connectivity index (χ2v) is 6.51. The van der Waals surface area contributed by atoms with E-state index >= 15 is 0 Å². The molecule has 5 nitrogen and oxygen atoms in total. The normalized spacial score (nSPS) is 17.6. The van der Waals surface area contributed by atoms with E-state index in [0.29, 0.717) is 23.8 Å². The van der Waals surface area contributed by atoms with Crippen molar-refractivity contribution < 1.29 is 14.3 Å². The van der Waals surface area contributed by atoms with Crippen molar-refractivity contribution in [1.29, 1.82) is 0 Å². The second kappa shape index (κ2) is 7.07. The summed E-state index contributed by atoms with van der Waals surface area (Å²) in [5, 5.41) is 5.54. The Bertz CT molecular complexity index is 705. The third kappa shape index (κ3) is 3.45. The summed E-state index contributed by atoms with van der Waals surface area (Å²) in [6.45, 7) is 12.1. The van der Waals surface area contributed by atoms with Gasteiger partial charge in [-0.1, -0.05) is 26.0 Å². The van der Waals surface area contributed by atoms with Crippen LogP contribution in [0.5, 0.6) is 0 Å². The largest absolute Gasteiger partial charge is 0.463 e. The zero-order valence-corrected chi connectivity index (χ0v) is 15.2. The fourth-order valence-corrected chi connectivity index (χ4v) is 3.23. The molecule has 0 radical (unpaired) electrons. The highest BCUT2D eigenvalue weighted by Crippen LogP contribution is 2.33. The van der Waals surface area contributed by atoms with Crippen LogP contribution in [0.1, 0.15) is 61.9 Å². The Morgan fingerprint density at radius 1 is 1.21 bits per heavy atom. The zero-order valence-electron chi connectivity index (χ0n) is 15.2. The topological polar surface area (TPSA) is 67.4 Å². The van der Waals surface area contributed by atoms with Gasteiger partial charge in [-0.3, -0.25) is 0 Å². The highest BCUT2D eigenvalue weighted by atomic mass is 16.5. The van der Waals surface area contributed by atoms with E-state index in [1.165, 1.54) is 11.1 Å². The van der Waals surface area contributed by atoms with Crippen molar-refractivity contribution in [2.24, 2.45) is 0 Å². The van der Waals surface area contributed by atoms with Crippen LogP contribution in [-0.2, 0) is 9.53 Å². The number of esters is 1. The first-order valence-electron chi connectivity index (χ1n) is 8.32. The first kappa shape index (κ1) is 18.0. The summed E-state index contributed by atoms with van der Waals surface area (Å²) in [6, 6.07) is 3.39. The van der Waals surface area contributed by atoms with Gasteiger partial charge in [0, 0.05) is 5.70 Å². The van der Waals surface area contributed by atoms with E-state index in [-0.39, 0.29) is 6.03 Å². The monoisotopic (exact) mass is 330 g/mol. The van der Waals surface area contributed by atoms with Gasteiger partial charge in [-0.25, -0.2) is 9.59 Å². The van der Waals surface area contributed by atoms with Crippen LogP contribution in [0.2, 0.25) is 0 Å². The van der Waals surface area contributed by atoms with Crippen molar-refractivity contribution in [2.45, 2.75) is 53.5 Å². The van der Waals surface area contributed by atoms with Crippen molar-refractivity contribution in [3.8, 4) is 0 Å². The predicted molar refractivity (Wildman–Crippen MR) is 93.7 cm³/mol. The van der Waals surface area contributed by atoms with Crippen LogP contribution in [0.3, 0.4) is 0 Å². The molecule has 0 aliphatic carbocycles. The smallest absolute Gasteiger partial charge is 0.338 e. The standard InChI is InChI=1S/C19H26N2O3/c1-7-24-18(22)16-13(6)20-19(23)21-17(16)15-9-14(10(2)3)11(4)8-12(15)5/h8-10,17H,7H2,1-6H3,(H2,20,21,23). The maximum atomic E-state index is 12.4. The molecule has 2 amide bonds. The molecule has 0 aromatic heterocycles. The third-order valence-electron chi connectivity index (χ3n) is 4.35. The van der Waals surface area contributed by atoms with E-state index < -0.39 is 12.0 Å². The summed E-state index contributed by atoms with van der Waals surface area (Å²) < 4.78 is 5.19. The molecule has 2 rings (SSSR count). The van der Waals surface area contributed by atoms with Gasteiger partial charge in [-0.05, 0) is 55.9 Å². The minimum absolute atomic E-state index is 0.292. The molecule has 0 bridgehead atoms. The molecule has 0 saturated heterocycles. The summed E-state index contributed by atoms with van der Waals surface area (Å²) in [6.07, 6.45) is 0. The van der Waals surface area contributed by atoms with Gasteiger partial charge in [-0.2, -0.15) is 0 Å². The van der Waals surface area contributed by atoms with Crippen molar-refractivity contribution >= 4 is 12.0 Å². The minimum atomic E-state index is -0.504. The average Bonchev–Trinajstić information content (AvgIpc) is 2.46. The van der Waals surface area contributed by atoms with E-state index in [9.17, 15) is 9.59 Å². The molecule has 0 fully saturated rings. The van der Waals surface area contributed by atoms with Crippen LogP contribution in [-0.4, -0.2) is 18.6 Å². The number of rotatable bonds is 4. The number of ether oxygens (including phenoxy) is 1. The first-order valence-corrected chi connectivity index (χ1v) is 8.32. The maximum absolute atomic E-state index is 12.4. The van der Waals surface area contributed by atoms with E-state index in [4.69, 9.17) is 4.74 Å². The van der Waals surface area contributed by atoms with Crippen molar-refractivity contribution in [3.05, 3.63) is 45.7 Å². The van der Waals surface area contributed by atoms with Crippen LogP contribution in [0.4, 0.5) is 4.79 Å². The van der Waals surface area contributed by atoms with Crippen molar-refractivity contribution in [3.63, 3.8) is 0 Å². The number of hydrogen-bond donors (Lipinski definition) is 2. The maximum Gasteiger partial charge on any atom is 0.338 e. The number of carbonyl (C=O) groups is 2. The summed E-state index contributed by atoms with van der Waals surface area (Å²) in [5.74, 6) is -0.0449. The Hall–Kier alpha value is -2.30. The summed E-state index contributed by atoms with van der Waals surface area (Å²) >= 11 is 0. The first-order chi connectivity index (χ1) is 11.3. The molecule has 5 heteroatoms. The quantitative estimate of drug-likeness (QED) is 0.829. The van der Waals surface area contributed by atoms with E-state index in [1.807, 2.05) is 6.92 Å². The van der Waals surface area contributed by atoms with Crippen LogP contribution in [0.25, 0.3) is 0 Å². The molecule has 1 unspecified atom stereocenters. The van der Waals surface area contributed by atoms with Gasteiger partial charge in [0.1, 0.15) is 0 Å². The summed E-state index contributed by atoms with van der Waals surface area (Å²) in [7, 11) is 0. The van der Waals surface area contributed by atoms with Gasteiger partial charge in [0.15, 0.2) is 0 Å². The fourth-order valence-electron chi connectivity index (χ4n) is 3.23. The molecular formula is C19H26N2O3. The number of hydrogen-bond acceptors (Lipinski definition) is 3. The van der Waals surface area contributed by atoms with E-state index in [0.717, 1.165) is 11.1 Å². The molecule has 1 aromatic carbocycles. The highest BCUT2D eigenvalue weighted by Gasteiger charge is 2.33. The number of nitrogens with one attached hydrogen (secondary N) is 2. The Balaban J connectivity index is 2.59. The van der Waals surface area contributed by atoms with Crippen LogP contribution in [0.15, 0.2) is 23.4 Å². The molecular weight excluding hydrogens is 304 g/mol. The van der Waals surface area contributed by atoms with Crippen LogP contribution in [0, 0.1) is 13.8 Å². The summed E-state index contributed by atoms with van der Waals surface area (Å²) in [5.41, 5.74) is 5.39. The summed E-state index contributed by atoms with van der Waals surface area (Å²) in [4.78, 5) is 24.4. The van der Waals surface area contributed by atoms with Gasteiger partial charge >= 0.3 is 12.0 Å². The van der Waals surface area contributed by atoms with E-state index in [1.54, 1.807) is 13.8 Å². The zero-order chi connectivity index (χ0) is 18.0. The molecule has 1 atom stereocenters. The number of aryl methyl sites for hydroxylation is 2. The van der Waals surface area contributed by atoms with Gasteiger partial charge in [0.2, 0.25) is 0 Å². The van der Waals surface area contributed by atoms with Crippen LogP contribution < -0.4 is 10.6 Å². The van der Waals surface area contributed by atoms with E-state index in [2.05, 4.69) is 43.5 Å². The molecule has 0 spiro atoms. The highest BCUT2D eigenvalue weighted by molar-refractivity contribution is 5.95. The Labute approximate surface area is 143 Å². The van der Waals surface area contributed by atoms with Crippen molar-refractivity contribution in [1.82, 2.24) is 10.6 Å². The lowest BCUT2D eigenvalue weighted by Crippen LogP contribution is -2.45. The Kier molecular flexibility index (Phi) is 5.32. The number of urea groups is 1. The SMILES string of the molecule is CCOC(=O)C1=C(C)NC(=O)NC1c1cc(C(C)C)c(C)cc1C. The van der Waals surface area contributed by atoms with Gasteiger partial charge < -0.3 is 15.4 Å². The molecule has 1 aromatic rings. The Morgan fingerprint density at radius 3 is 2.46 bits per heavy atom. The predicted octanol–water partition coefficient (Wildman–Crippen LogP) is 3.62. The lowest BCUT2D eigenvalue weighted by atomic mass is 9.87. The lowest BCUT2D eigenvalue weighted by molar-refractivity contribution is -0.139. The molecule has 0 saturated carbocycles. The number of amides is 2. The average molecular weight is 330 g/mol. The lowest BCUT2D eigenvalue weighted by Gasteiger charge is -2.30. The number of benzene rings is 1. The van der Waals surface area contributed by atoms with Gasteiger partial charge in [0.25, 0.3) is 0 Å². The molecule has 24 heavy (non-hydrogen) atoms. The molecule has 1 aliphatic rings. The molecule has 1 heterocycles. The number of carbonyl (C=O) groups excluding carboxylic acids is 2. The third-order valence-corrected chi connectivity index (χ3v) is 4.35. The van der Waals surface area contributed by atoms with Gasteiger partial charge in [-0.15, -0.1) is 0 Å². The molecule has 1 aliphatic heterocycles. The van der Waals surface area contributed by atoms with Crippen LogP contribution >= 0.6 is 0 Å².